The number of piperidine rings is 1. The molecule has 0 N–H and O–H groups in total. The molecule has 0 aromatic carbocycles. The lowest BCUT2D eigenvalue weighted by atomic mass is 9.86. The van der Waals surface area contributed by atoms with E-state index in [1.165, 1.54) is 44.9 Å². The van der Waals surface area contributed by atoms with Crippen molar-refractivity contribution in [3.8, 4) is 0 Å². The zero-order valence-corrected chi connectivity index (χ0v) is 12.4. The fraction of sp³-hybridized carbons (Fsp3) is 0.938. The smallest absolute Gasteiger partial charge is 0.222 e. The largest absolute Gasteiger partial charge is 0.385 e. The molecule has 0 spiro atoms. The number of methoxy groups -OCH3 is 1. The summed E-state index contributed by atoms with van der Waals surface area (Å²) >= 11 is 0. The van der Waals surface area contributed by atoms with Gasteiger partial charge >= 0.3 is 0 Å². The molecule has 2 rings (SSSR count). The Labute approximate surface area is 117 Å². The molecule has 2 aliphatic rings. The fourth-order valence-electron chi connectivity index (χ4n) is 3.52. The molecule has 2 fully saturated rings. The van der Waals surface area contributed by atoms with Crippen LogP contribution in [0.4, 0.5) is 0 Å². The first-order valence-corrected chi connectivity index (χ1v) is 8.06. The van der Waals surface area contributed by atoms with Crippen LogP contribution in [0.15, 0.2) is 0 Å². The van der Waals surface area contributed by atoms with E-state index in [-0.39, 0.29) is 0 Å². The standard InChI is InChI=1S/C16H29NO2/c1-19-12-9-14-7-10-17(11-8-14)16(18)13-15-5-3-2-4-6-15/h14-15H,2-13H2,1H3. The van der Waals surface area contributed by atoms with Crippen LogP contribution in [0.3, 0.4) is 0 Å². The monoisotopic (exact) mass is 267 g/mol. The number of nitrogens with zero attached hydrogens (tertiary/aromatic N) is 1. The van der Waals surface area contributed by atoms with Crippen LogP contribution in [0.2, 0.25) is 0 Å². The molecule has 0 aromatic heterocycles. The number of carbonyl (C=O) groups excluding carboxylic acids is 1. The zero-order chi connectivity index (χ0) is 13.5. The number of hydrogen-bond donors (Lipinski definition) is 0. The molecular formula is C16H29NO2. The molecule has 0 bridgehead atoms. The van der Waals surface area contributed by atoms with E-state index in [9.17, 15) is 4.79 Å². The van der Waals surface area contributed by atoms with E-state index < -0.39 is 0 Å². The molecule has 0 radical (unpaired) electrons. The van der Waals surface area contributed by atoms with Gasteiger partial charge in [-0.2, -0.15) is 0 Å². The second-order valence-electron chi connectivity index (χ2n) is 6.31. The normalized spacial score (nSPS) is 22.7. The summed E-state index contributed by atoms with van der Waals surface area (Å²) in [6.07, 6.45) is 10.9. The second-order valence-corrected chi connectivity index (χ2v) is 6.31. The van der Waals surface area contributed by atoms with Crippen molar-refractivity contribution in [3.05, 3.63) is 0 Å². The van der Waals surface area contributed by atoms with Crippen LogP contribution in [0.1, 0.15) is 57.8 Å². The summed E-state index contributed by atoms with van der Waals surface area (Å²) in [5, 5.41) is 0. The third-order valence-electron chi connectivity index (χ3n) is 4.89. The third-order valence-corrected chi connectivity index (χ3v) is 4.89. The van der Waals surface area contributed by atoms with Crippen molar-refractivity contribution < 1.29 is 9.53 Å². The van der Waals surface area contributed by atoms with Crippen molar-refractivity contribution in [2.75, 3.05) is 26.8 Å². The first kappa shape index (κ1) is 14.8. The lowest BCUT2D eigenvalue weighted by molar-refractivity contribution is -0.133. The van der Waals surface area contributed by atoms with Crippen molar-refractivity contribution in [1.29, 1.82) is 0 Å². The average molecular weight is 267 g/mol. The van der Waals surface area contributed by atoms with Gasteiger partial charge in [-0.05, 0) is 43.9 Å². The molecule has 110 valence electrons. The number of rotatable bonds is 5. The molecule has 1 heterocycles. The van der Waals surface area contributed by atoms with Crippen molar-refractivity contribution in [2.45, 2.75) is 57.8 Å². The van der Waals surface area contributed by atoms with Gasteiger partial charge in [0.05, 0.1) is 0 Å². The van der Waals surface area contributed by atoms with E-state index >= 15 is 0 Å². The summed E-state index contributed by atoms with van der Waals surface area (Å²) in [6.45, 7) is 2.81. The second kappa shape index (κ2) is 7.88. The highest BCUT2D eigenvalue weighted by Gasteiger charge is 2.25. The van der Waals surface area contributed by atoms with E-state index in [0.717, 1.165) is 38.5 Å². The summed E-state index contributed by atoms with van der Waals surface area (Å²) in [4.78, 5) is 14.4. The van der Waals surface area contributed by atoms with E-state index in [2.05, 4.69) is 4.90 Å². The minimum atomic E-state index is 0.414. The summed E-state index contributed by atoms with van der Waals surface area (Å²) < 4.78 is 5.14. The van der Waals surface area contributed by atoms with Crippen LogP contribution in [-0.4, -0.2) is 37.6 Å². The maximum atomic E-state index is 12.3. The van der Waals surface area contributed by atoms with Crippen LogP contribution in [0.5, 0.6) is 0 Å². The third kappa shape index (κ3) is 4.79. The Morgan fingerprint density at radius 2 is 1.74 bits per heavy atom. The Kier molecular flexibility index (Phi) is 6.15. The number of amides is 1. The molecule has 0 aromatic rings. The van der Waals surface area contributed by atoms with Gasteiger partial charge in [0, 0.05) is 33.2 Å². The highest BCUT2D eigenvalue weighted by Crippen LogP contribution is 2.28. The molecule has 0 atom stereocenters. The van der Waals surface area contributed by atoms with Gasteiger partial charge in [-0.15, -0.1) is 0 Å². The number of likely N-dealkylation sites (tertiary alicyclic amines) is 1. The van der Waals surface area contributed by atoms with Crippen molar-refractivity contribution in [1.82, 2.24) is 4.90 Å². The van der Waals surface area contributed by atoms with Crippen LogP contribution < -0.4 is 0 Å². The molecule has 3 heteroatoms. The van der Waals surface area contributed by atoms with Crippen LogP contribution in [-0.2, 0) is 9.53 Å². The first-order valence-electron chi connectivity index (χ1n) is 8.06. The van der Waals surface area contributed by atoms with Gasteiger partial charge in [-0.3, -0.25) is 4.79 Å². The van der Waals surface area contributed by atoms with Crippen molar-refractivity contribution in [2.24, 2.45) is 11.8 Å². The molecular weight excluding hydrogens is 238 g/mol. The van der Waals surface area contributed by atoms with E-state index in [1.54, 1.807) is 7.11 Å². The minimum absolute atomic E-state index is 0.414. The van der Waals surface area contributed by atoms with Gasteiger partial charge in [-0.1, -0.05) is 19.3 Å². The van der Waals surface area contributed by atoms with Crippen LogP contribution in [0.25, 0.3) is 0 Å². The highest BCUT2D eigenvalue weighted by atomic mass is 16.5. The van der Waals surface area contributed by atoms with E-state index in [1.807, 2.05) is 0 Å². The molecule has 1 amide bonds. The zero-order valence-electron chi connectivity index (χ0n) is 12.4. The van der Waals surface area contributed by atoms with Crippen LogP contribution in [0, 0.1) is 11.8 Å². The summed E-state index contributed by atoms with van der Waals surface area (Å²) in [5.41, 5.74) is 0. The minimum Gasteiger partial charge on any atom is -0.385 e. The number of ether oxygens (including phenoxy) is 1. The first-order chi connectivity index (χ1) is 9.29. The van der Waals surface area contributed by atoms with Gasteiger partial charge in [0.2, 0.25) is 5.91 Å². The van der Waals surface area contributed by atoms with E-state index in [0.29, 0.717) is 11.8 Å². The highest BCUT2D eigenvalue weighted by molar-refractivity contribution is 5.76. The predicted octanol–water partition coefficient (Wildman–Crippen LogP) is 3.23. The Hall–Kier alpha value is -0.570. The Morgan fingerprint density at radius 1 is 1.05 bits per heavy atom. The van der Waals surface area contributed by atoms with Gasteiger partial charge in [0.15, 0.2) is 0 Å². The van der Waals surface area contributed by atoms with Gasteiger partial charge < -0.3 is 9.64 Å². The molecule has 19 heavy (non-hydrogen) atoms. The summed E-state index contributed by atoms with van der Waals surface area (Å²) in [7, 11) is 1.77. The average Bonchev–Trinajstić information content (AvgIpc) is 2.46. The fourth-order valence-corrected chi connectivity index (χ4v) is 3.52. The maximum absolute atomic E-state index is 12.3. The Bertz CT molecular complexity index is 266. The molecule has 1 aliphatic carbocycles. The number of carbonyl (C=O) groups is 1. The van der Waals surface area contributed by atoms with E-state index in [4.69, 9.17) is 4.74 Å². The lowest BCUT2D eigenvalue weighted by Crippen LogP contribution is -2.39. The molecule has 0 unspecified atom stereocenters. The maximum Gasteiger partial charge on any atom is 0.222 e. The summed E-state index contributed by atoms with van der Waals surface area (Å²) in [5.74, 6) is 1.85. The predicted molar refractivity (Wildman–Crippen MR) is 77.0 cm³/mol. The van der Waals surface area contributed by atoms with Gasteiger partial charge in [0.25, 0.3) is 0 Å². The van der Waals surface area contributed by atoms with Crippen LogP contribution >= 0.6 is 0 Å². The SMILES string of the molecule is COCCC1CCN(C(=O)CC2CCCCC2)CC1. The Morgan fingerprint density at radius 3 is 2.37 bits per heavy atom. The quantitative estimate of drug-likeness (QED) is 0.765. The van der Waals surface area contributed by atoms with Crippen molar-refractivity contribution >= 4 is 5.91 Å². The molecule has 1 saturated heterocycles. The topological polar surface area (TPSA) is 29.5 Å². The number of hydrogen-bond acceptors (Lipinski definition) is 2. The molecule has 1 aliphatic heterocycles. The lowest BCUT2D eigenvalue weighted by Gasteiger charge is -2.33. The summed E-state index contributed by atoms with van der Waals surface area (Å²) in [6, 6.07) is 0. The van der Waals surface area contributed by atoms with Crippen molar-refractivity contribution in [3.63, 3.8) is 0 Å². The molecule has 3 nitrogen and oxygen atoms in total. The van der Waals surface area contributed by atoms with Gasteiger partial charge in [-0.25, -0.2) is 0 Å². The molecule has 1 saturated carbocycles. The Balaban J connectivity index is 1.67. The van der Waals surface area contributed by atoms with Gasteiger partial charge in [0.1, 0.15) is 0 Å².